The number of carbonyl (C=O) groups excluding carboxylic acids is 1. The third kappa shape index (κ3) is 4.46. The van der Waals surface area contributed by atoms with Gasteiger partial charge in [0, 0.05) is 11.8 Å². The van der Waals surface area contributed by atoms with Crippen LogP contribution in [-0.2, 0) is 4.79 Å². The van der Waals surface area contributed by atoms with E-state index in [0.29, 0.717) is 12.3 Å². The first-order valence-electron chi connectivity index (χ1n) is 3.17. The van der Waals surface area contributed by atoms with Gasteiger partial charge in [0.2, 0.25) is 0 Å². The van der Waals surface area contributed by atoms with Crippen molar-refractivity contribution in [1.29, 1.82) is 0 Å². The van der Waals surface area contributed by atoms with Gasteiger partial charge in [-0.25, -0.2) is 0 Å². The summed E-state index contributed by atoms with van der Waals surface area (Å²) < 4.78 is 0. The van der Waals surface area contributed by atoms with Crippen molar-refractivity contribution in [2.75, 3.05) is 0 Å². The first-order chi connectivity index (χ1) is 4.04. The van der Waals surface area contributed by atoms with Crippen LogP contribution in [0.3, 0.4) is 0 Å². The summed E-state index contributed by atoms with van der Waals surface area (Å²) in [7, 11) is 0. The van der Waals surface area contributed by atoms with Gasteiger partial charge >= 0.3 is 0 Å². The van der Waals surface area contributed by atoms with Crippen LogP contribution in [0.1, 0.15) is 27.2 Å². The fraction of sp³-hybridized carbons (Fsp3) is 0.857. The zero-order valence-corrected chi connectivity index (χ0v) is 6.90. The van der Waals surface area contributed by atoms with E-state index in [4.69, 9.17) is 11.6 Å². The van der Waals surface area contributed by atoms with E-state index in [-0.39, 0.29) is 11.2 Å². The number of halogens is 1. The number of rotatable bonds is 3. The number of carbonyl (C=O) groups is 1. The normalized spacial score (nSPS) is 13.9. The smallest absolute Gasteiger partial charge is 0.131 e. The summed E-state index contributed by atoms with van der Waals surface area (Å²) in [6.45, 7) is 5.60. The van der Waals surface area contributed by atoms with Gasteiger partial charge in [-0.15, -0.1) is 11.6 Å². The van der Waals surface area contributed by atoms with E-state index < -0.39 is 0 Å². The highest BCUT2D eigenvalue weighted by molar-refractivity contribution is 6.21. The average Bonchev–Trinajstić information content (AvgIpc) is 1.63. The Hall–Kier alpha value is -0.0400. The molecule has 2 heteroatoms. The summed E-state index contributed by atoms with van der Waals surface area (Å²) in [6.07, 6.45) is 0.499. The summed E-state index contributed by atoms with van der Waals surface area (Å²) in [4.78, 5) is 10.5. The number of hydrogen-bond donors (Lipinski definition) is 0. The van der Waals surface area contributed by atoms with Crippen molar-refractivity contribution in [3.63, 3.8) is 0 Å². The second kappa shape index (κ2) is 3.89. The van der Waals surface area contributed by atoms with E-state index in [9.17, 15) is 4.79 Å². The number of Topliss-reactive ketones (excluding diaryl/α,β-unsaturated/α-hetero) is 1. The summed E-state index contributed by atoms with van der Waals surface area (Å²) in [5.74, 6) is 0.569. The molecule has 0 N–H and O–H groups in total. The lowest BCUT2D eigenvalue weighted by atomic mass is 10.1. The summed E-state index contributed by atoms with van der Waals surface area (Å²) >= 11 is 5.79. The summed E-state index contributed by atoms with van der Waals surface area (Å²) in [5, 5.41) is 0.0162. The van der Waals surface area contributed by atoms with Crippen molar-refractivity contribution < 1.29 is 4.79 Å². The molecule has 0 aromatic heterocycles. The topological polar surface area (TPSA) is 17.1 Å². The molecule has 1 nitrogen and oxygen atoms in total. The van der Waals surface area contributed by atoms with Crippen LogP contribution in [0.5, 0.6) is 0 Å². The van der Waals surface area contributed by atoms with Gasteiger partial charge in [-0.1, -0.05) is 13.8 Å². The summed E-state index contributed by atoms with van der Waals surface area (Å²) in [5.41, 5.74) is 0. The quantitative estimate of drug-likeness (QED) is 0.561. The third-order valence-electron chi connectivity index (χ3n) is 1.21. The molecule has 0 aromatic rings. The van der Waals surface area contributed by atoms with Crippen LogP contribution in [0, 0.1) is 5.92 Å². The lowest BCUT2D eigenvalue weighted by Gasteiger charge is -2.09. The van der Waals surface area contributed by atoms with Crippen LogP contribution < -0.4 is 0 Å². The minimum absolute atomic E-state index is 0.0162. The molecule has 0 amide bonds. The van der Waals surface area contributed by atoms with E-state index in [1.165, 1.54) is 0 Å². The van der Waals surface area contributed by atoms with Gasteiger partial charge in [-0.3, -0.25) is 4.79 Å². The molecule has 1 unspecified atom stereocenters. The minimum atomic E-state index is 0.0162. The molecule has 0 aliphatic rings. The van der Waals surface area contributed by atoms with Crippen molar-refractivity contribution in [2.45, 2.75) is 32.6 Å². The first-order valence-corrected chi connectivity index (χ1v) is 3.61. The van der Waals surface area contributed by atoms with Gasteiger partial charge in [0.15, 0.2) is 0 Å². The second-order valence-corrected chi connectivity index (χ2v) is 3.23. The van der Waals surface area contributed by atoms with Gasteiger partial charge < -0.3 is 0 Å². The molecule has 0 aliphatic heterocycles. The predicted molar refractivity (Wildman–Crippen MR) is 39.8 cm³/mol. The van der Waals surface area contributed by atoms with E-state index in [1.54, 1.807) is 6.92 Å². The second-order valence-electron chi connectivity index (χ2n) is 2.67. The standard InChI is InChI=1S/C7H13ClO/c1-5(2)7(8)4-6(3)9/h5,7H,4H2,1-3H3. The van der Waals surface area contributed by atoms with Gasteiger partial charge in [0.05, 0.1) is 0 Å². The molecule has 0 fully saturated rings. The maximum atomic E-state index is 10.5. The highest BCUT2D eigenvalue weighted by atomic mass is 35.5. The number of hydrogen-bond acceptors (Lipinski definition) is 1. The molecule has 0 aromatic carbocycles. The van der Waals surface area contributed by atoms with Crippen LogP contribution in [-0.4, -0.2) is 11.2 Å². The lowest BCUT2D eigenvalue weighted by molar-refractivity contribution is -0.117. The van der Waals surface area contributed by atoms with E-state index >= 15 is 0 Å². The highest BCUT2D eigenvalue weighted by Crippen LogP contribution is 2.12. The van der Waals surface area contributed by atoms with Crippen LogP contribution in [0.25, 0.3) is 0 Å². The van der Waals surface area contributed by atoms with Crippen LogP contribution >= 0.6 is 11.6 Å². The molecule has 0 spiro atoms. The Balaban J connectivity index is 3.50. The van der Waals surface area contributed by atoms with Gasteiger partial charge in [0.25, 0.3) is 0 Å². The van der Waals surface area contributed by atoms with Crippen LogP contribution in [0.15, 0.2) is 0 Å². The Morgan fingerprint density at radius 3 is 2.11 bits per heavy atom. The first kappa shape index (κ1) is 8.96. The molecule has 9 heavy (non-hydrogen) atoms. The van der Waals surface area contributed by atoms with Gasteiger partial charge in [-0.2, -0.15) is 0 Å². The fourth-order valence-electron chi connectivity index (χ4n) is 0.510. The Morgan fingerprint density at radius 2 is 2.00 bits per heavy atom. The molecular weight excluding hydrogens is 136 g/mol. The van der Waals surface area contributed by atoms with Crippen LogP contribution in [0.4, 0.5) is 0 Å². The highest BCUT2D eigenvalue weighted by Gasteiger charge is 2.10. The molecule has 1 atom stereocenters. The molecule has 0 bridgehead atoms. The van der Waals surface area contributed by atoms with Crippen molar-refractivity contribution in [3.05, 3.63) is 0 Å². The molecule has 0 saturated heterocycles. The Labute approximate surface area is 61.4 Å². The van der Waals surface area contributed by atoms with Gasteiger partial charge in [-0.05, 0) is 12.8 Å². The molecule has 0 saturated carbocycles. The van der Waals surface area contributed by atoms with Crippen molar-refractivity contribution in [2.24, 2.45) is 5.92 Å². The van der Waals surface area contributed by atoms with E-state index in [2.05, 4.69) is 0 Å². The van der Waals surface area contributed by atoms with E-state index in [1.807, 2.05) is 13.8 Å². The monoisotopic (exact) mass is 148 g/mol. The summed E-state index contributed by atoms with van der Waals surface area (Å²) in [6, 6.07) is 0. The number of alkyl halides is 1. The maximum Gasteiger partial charge on any atom is 0.131 e. The Kier molecular flexibility index (Phi) is 3.87. The molecule has 0 aliphatic carbocycles. The van der Waals surface area contributed by atoms with Crippen molar-refractivity contribution in [1.82, 2.24) is 0 Å². The maximum absolute atomic E-state index is 10.5. The number of ketones is 1. The minimum Gasteiger partial charge on any atom is -0.300 e. The van der Waals surface area contributed by atoms with Crippen molar-refractivity contribution >= 4 is 17.4 Å². The fourth-order valence-corrected chi connectivity index (χ4v) is 0.728. The zero-order valence-electron chi connectivity index (χ0n) is 6.15. The Bertz CT molecular complexity index is 99.1. The molecule has 0 radical (unpaired) electrons. The van der Waals surface area contributed by atoms with Crippen LogP contribution in [0.2, 0.25) is 0 Å². The Morgan fingerprint density at radius 1 is 1.56 bits per heavy atom. The third-order valence-corrected chi connectivity index (χ3v) is 1.86. The van der Waals surface area contributed by atoms with E-state index in [0.717, 1.165) is 0 Å². The molecule has 0 heterocycles. The molecule has 54 valence electrons. The lowest BCUT2D eigenvalue weighted by Crippen LogP contribution is -2.11. The molecule has 0 rings (SSSR count). The SMILES string of the molecule is CC(=O)CC(Cl)C(C)C. The average molecular weight is 149 g/mol. The predicted octanol–water partition coefficient (Wildman–Crippen LogP) is 2.23. The largest absolute Gasteiger partial charge is 0.300 e. The van der Waals surface area contributed by atoms with Crippen molar-refractivity contribution in [3.8, 4) is 0 Å². The zero-order chi connectivity index (χ0) is 7.44. The molecular formula is C7H13ClO. The van der Waals surface area contributed by atoms with Gasteiger partial charge in [0.1, 0.15) is 5.78 Å².